The summed E-state index contributed by atoms with van der Waals surface area (Å²) in [6, 6.07) is 28.8. The predicted molar refractivity (Wildman–Crippen MR) is 159 cm³/mol. The highest BCUT2D eigenvalue weighted by Gasteiger charge is 2.17. The van der Waals surface area contributed by atoms with Crippen molar-refractivity contribution >= 4 is 38.7 Å². The van der Waals surface area contributed by atoms with Crippen molar-refractivity contribution in [3.8, 4) is 11.1 Å². The highest BCUT2D eigenvalue weighted by molar-refractivity contribution is 9.10. The number of hydrogen-bond donors (Lipinski definition) is 2. The molecule has 0 radical (unpaired) electrons. The second kappa shape index (κ2) is 10.9. The van der Waals surface area contributed by atoms with Crippen molar-refractivity contribution in [2.24, 2.45) is 0 Å². The SMILES string of the molecule is Cc1c(C)n(Cc2ccc(-c3ccccc3C(=O)O)cc2)c2ccc(C(=O)NC(C)c3ccc(Br)cc3)cc12. The van der Waals surface area contributed by atoms with Crippen LogP contribution in [0.3, 0.4) is 0 Å². The number of aromatic nitrogens is 1. The fourth-order valence-corrected chi connectivity index (χ4v) is 5.27. The lowest BCUT2D eigenvalue weighted by molar-refractivity contribution is 0.0697. The van der Waals surface area contributed by atoms with Gasteiger partial charge in [0.15, 0.2) is 0 Å². The smallest absolute Gasteiger partial charge is 0.336 e. The molecule has 6 heteroatoms. The maximum absolute atomic E-state index is 13.1. The van der Waals surface area contributed by atoms with Crippen LogP contribution in [0, 0.1) is 13.8 Å². The number of halogens is 1. The number of carboxylic acid groups (broad SMARTS) is 1. The van der Waals surface area contributed by atoms with Crippen molar-refractivity contribution < 1.29 is 14.7 Å². The van der Waals surface area contributed by atoms with Crippen molar-refractivity contribution in [1.82, 2.24) is 9.88 Å². The molecule has 196 valence electrons. The van der Waals surface area contributed by atoms with Crippen molar-refractivity contribution in [3.63, 3.8) is 0 Å². The van der Waals surface area contributed by atoms with Crippen molar-refractivity contribution in [2.75, 3.05) is 0 Å². The van der Waals surface area contributed by atoms with Gasteiger partial charge in [0.05, 0.1) is 11.6 Å². The van der Waals surface area contributed by atoms with E-state index in [9.17, 15) is 14.7 Å². The number of carboxylic acids is 1. The highest BCUT2D eigenvalue weighted by atomic mass is 79.9. The van der Waals surface area contributed by atoms with Crippen LogP contribution in [0.2, 0.25) is 0 Å². The lowest BCUT2D eigenvalue weighted by atomic mass is 9.99. The summed E-state index contributed by atoms with van der Waals surface area (Å²) in [7, 11) is 0. The molecule has 0 aliphatic rings. The molecule has 5 rings (SSSR count). The topological polar surface area (TPSA) is 71.3 Å². The monoisotopic (exact) mass is 580 g/mol. The Balaban J connectivity index is 1.38. The molecule has 5 aromatic rings. The average molecular weight is 582 g/mol. The molecule has 5 nitrogen and oxygen atoms in total. The Labute approximate surface area is 236 Å². The van der Waals surface area contributed by atoms with Gasteiger partial charge in [0.1, 0.15) is 0 Å². The largest absolute Gasteiger partial charge is 0.478 e. The molecule has 4 aromatic carbocycles. The number of aryl methyl sites for hydroxylation is 1. The molecule has 0 saturated carbocycles. The zero-order valence-corrected chi connectivity index (χ0v) is 23.6. The van der Waals surface area contributed by atoms with Gasteiger partial charge in [0.2, 0.25) is 0 Å². The second-order valence-corrected chi connectivity index (χ2v) is 10.7. The Morgan fingerprint density at radius 1 is 0.923 bits per heavy atom. The number of benzene rings is 4. The van der Waals surface area contributed by atoms with Gasteiger partial charge in [0, 0.05) is 33.2 Å². The fraction of sp³-hybridized carbons (Fsp3) is 0.152. The van der Waals surface area contributed by atoms with Crippen LogP contribution in [-0.2, 0) is 6.54 Å². The van der Waals surface area contributed by atoms with Crippen LogP contribution in [0.4, 0.5) is 0 Å². The van der Waals surface area contributed by atoms with Crippen LogP contribution in [0.25, 0.3) is 22.0 Å². The summed E-state index contributed by atoms with van der Waals surface area (Å²) in [5, 5.41) is 13.7. The molecule has 1 heterocycles. The molecule has 0 spiro atoms. The minimum atomic E-state index is -0.935. The normalized spacial score (nSPS) is 11.9. The van der Waals surface area contributed by atoms with E-state index in [4.69, 9.17) is 0 Å². The van der Waals surface area contributed by atoms with Gasteiger partial charge in [-0.05, 0) is 85.0 Å². The first-order chi connectivity index (χ1) is 18.7. The molecule has 1 aromatic heterocycles. The lowest BCUT2D eigenvalue weighted by Crippen LogP contribution is -2.26. The first kappa shape index (κ1) is 26.4. The number of fused-ring (bicyclic) bond motifs is 1. The Bertz CT molecular complexity index is 1690. The van der Waals surface area contributed by atoms with Gasteiger partial charge in [0.25, 0.3) is 5.91 Å². The number of aromatic carboxylic acids is 1. The molecule has 0 aliphatic heterocycles. The van der Waals surface area contributed by atoms with Gasteiger partial charge in [-0.1, -0.05) is 70.5 Å². The molecule has 1 unspecified atom stereocenters. The third-order valence-corrected chi connectivity index (χ3v) is 7.91. The standard InChI is InChI=1S/C33H29BrN2O3/c1-20-22(3)36(19-23-8-10-25(11-9-23)28-6-4-5-7-29(28)33(38)39)31-17-14-26(18-30(20)31)32(37)35-21(2)24-12-15-27(34)16-13-24/h4-18,21H,19H2,1-3H3,(H,35,37)(H,38,39). The first-order valence-electron chi connectivity index (χ1n) is 12.8. The zero-order chi connectivity index (χ0) is 27.7. The van der Waals surface area contributed by atoms with Crippen LogP contribution < -0.4 is 5.32 Å². The molecule has 1 atom stereocenters. The molecular weight excluding hydrogens is 552 g/mol. The number of carbonyl (C=O) groups excluding carboxylic acids is 1. The Hall–Kier alpha value is -4.16. The van der Waals surface area contributed by atoms with E-state index in [1.54, 1.807) is 12.1 Å². The van der Waals surface area contributed by atoms with Crippen LogP contribution in [0.15, 0.2) is 95.5 Å². The molecule has 0 saturated heterocycles. The van der Waals surface area contributed by atoms with Gasteiger partial charge >= 0.3 is 5.97 Å². The van der Waals surface area contributed by atoms with E-state index >= 15 is 0 Å². The third-order valence-electron chi connectivity index (χ3n) is 7.38. The van der Waals surface area contributed by atoms with E-state index in [1.807, 2.05) is 85.8 Å². The Morgan fingerprint density at radius 2 is 1.62 bits per heavy atom. The number of carbonyl (C=O) groups is 2. The van der Waals surface area contributed by atoms with Crippen LogP contribution in [0.1, 0.15) is 56.1 Å². The van der Waals surface area contributed by atoms with Crippen LogP contribution >= 0.6 is 15.9 Å². The minimum absolute atomic E-state index is 0.102. The van der Waals surface area contributed by atoms with Crippen LogP contribution in [-0.4, -0.2) is 21.6 Å². The van der Waals surface area contributed by atoms with E-state index in [-0.39, 0.29) is 11.9 Å². The number of nitrogens with zero attached hydrogens (tertiary/aromatic N) is 1. The van der Waals surface area contributed by atoms with Crippen molar-refractivity contribution in [1.29, 1.82) is 0 Å². The summed E-state index contributed by atoms with van der Waals surface area (Å²) >= 11 is 3.45. The summed E-state index contributed by atoms with van der Waals surface area (Å²) in [5.41, 5.74) is 8.01. The zero-order valence-electron chi connectivity index (χ0n) is 22.0. The van der Waals surface area contributed by atoms with Gasteiger partial charge in [-0.3, -0.25) is 4.79 Å². The van der Waals surface area contributed by atoms with E-state index in [2.05, 4.69) is 39.7 Å². The van der Waals surface area contributed by atoms with Gasteiger partial charge in [-0.2, -0.15) is 0 Å². The lowest BCUT2D eigenvalue weighted by Gasteiger charge is -2.15. The van der Waals surface area contributed by atoms with Crippen LogP contribution in [0.5, 0.6) is 0 Å². The summed E-state index contributed by atoms with van der Waals surface area (Å²) in [6.07, 6.45) is 0. The molecule has 39 heavy (non-hydrogen) atoms. The van der Waals surface area contributed by atoms with Crippen molar-refractivity contribution in [3.05, 3.63) is 129 Å². The molecule has 0 aliphatic carbocycles. The molecular formula is C33H29BrN2O3. The Morgan fingerprint density at radius 3 is 2.31 bits per heavy atom. The Kier molecular flexibility index (Phi) is 7.40. The molecule has 2 N–H and O–H groups in total. The number of rotatable bonds is 7. The minimum Gasteiger partial charge on any atom is -0.478 e. The van der Waals surface area contributed by atoms with E-state index < -0.39 is 5.97 Å². The second-order valence-electron chi connectivity index (χ2n) is 9.82. The summed E-state index contributed by atoms with van der Waals surface area (Å²) in [6.45, 7) is 6.84. The number of hydrogen-bond acceptors (Lipinski definition) is 2. The average Bonchev–Trinajstić information content (AvgIpc) is 3.18. The maximum Gasteiger partial charge on any atom is 0.336 e. The van der Waals surface area contributed by atoms with E-state index in [1.165, 1.54) is 0 Å². The summed E-state index contributed by atoms with van der Waals surface area (Å²) < 4.78 is 3.27. The van der Waals surface area contributed by atoms with E-state index in [0.717, 1.165) is 43.3 Å². The molecule has 0 fully saturated rings. The highest BCUT2D eigenvalue weighted by Crippen LogP contribution is 2.29. The van der Waals surface area contributed by atoms with E-state index in [0.29, 0.717) is 23.2 Å². The molecule has 1 amide bonds. The number of amides is 1. The first-order valence-corrected chi connectivity index (χ1v) is 13.6. The fourth-order valence-electron chi connectivity index (χ4n) is 5.00. The summed E-state index contributed by atoms with van der Waals surface area (Å²) in [5.74, 6) is -1.04. The third kappa shape index (κ3) is 5.38. The van der Waals surface area contributed by atoms with Gasteiger partial charge in [-0.15, -0.1) is 0 Å². The predicted octanol–water partition coefficient (Wildman–Crippen LogP) is 7.93. The van der Waals surface area contributed by atoms with Crippen molar-refractivity contribution in [2.45, 2.75) is 33.4 Å². The molecule has 0 bridgehead atoms. The van der Waals surface area contributed by atoms with Gasteiger partial charge < -0.3 is 15.0 Å². The number of nitrogens with one attached hydrogen (secondary N) is 1. The summed E-state index contributed by atoms with van der Waals surface area (Å²) in [4.78, 5) is 24.7. The maximum atomic E-state index is 13.1. The quantitative estimate of drug-likeness (QED) is 0.205. The van der Waals surface area contributed by atoms with Gasteiger partial charge in [-0.25, -0.2) is 4.79 Å².